The molecule has 0 aromatic carbocycles. The fourth-order valence-electron chi connectivity index (χ4n) is 2.57. The third-order valence-corrected chi connectivity index (χ3v) is 3.93. The number of aliphatic carboxylic acids is 1. The molecule has 1 fully saturated rings. The van der Waals surface area contributed by atoms with Gasteiger partial charge in [0.25, 0.3) is 0 Å². The second kappa shape index (κ2) is 7.47. The van der Waals surface area contributed by atoms with Gasteiger partial charge in [0.05, 0.1) is 6.54 Å². The molecule has 1 atom stereocenters. The molecule has 1 unspecified atom stereocenters. The molecule has 6 nitrogen and oxygen atoms in total. The van der Waals surface area contributed by atoms with E-state index in [2.05, 4.69) is 17.6 Å². The molecule has 1 saturated carbocycles. The Labute approximate surface area is 119 Å². The van der Waals surface area contributed by atoms with Crippen molar-refractivity contribution in [2.75, 3.05) is 6.54 Å². The number of aliphatic hydroxyl groups is 1. The van der Waals surface area contributed by atoms with E-state index in [1.165, 1.54) is 12.8 Å². The summed E-state index contributed by atoms with van der Waals surface area (Å²) in [6, 6.07) is -0.261. The Bertz CT molecular complexity index is 336. The molecule has 0 bridgehead atoms. The maximum absolute atomic E-state index is 11.7. The van der Waals surface area contributed by atoms with E-state index < -0.39 is 17.6 Å². The molecule has 116 valence electrons. The highest BCUT2D eigenvalue weighted by Gasteiger charge is 2.30. The lowest BCUT2D eigenvalue weighted by Gasteiger charge is -2.29. The highest BCUT2D eigenvalue weighted by atomic mass is 16.4. The number of carboxylic acids is 1. The van der Waals surface area contributed by atoms with Crippen LogP contribution in [0.4, 0.5) is 4.79 Å². The molecule has 4 N–H and O–H groups in total. The van der Waals surface area contributed by atoms with Crippen LogP contribution in [0.15, 0.2) is 0 Å². The number of nitrogens with one attached hydrogen (secondary N) is 2. The number of amides is 2. The summed E-state index contributed by atoms with van der Waals surface area (Å²) < 4.78 is 0. The maximum Gasteiger partial charge on any atom is 0.337 e. The lowest BCUT2D eigenvalue weighted by Crippen LogP contribution is -2.51. The zero-order chi connectivity index (χ0) is 15.2. The van der Waals surface area contributed by atoms with E-state index in [4.69, 9.17) is 5.11 Å². The first-order valence-corrected chi connectivity index (χ1v) is 7.35. The number of carboxylic acid groups (broad SMARTS) is 1. The Morgan fingerprint density at radius 3 is 2.35 bits per heavy atom. The topological polar surface area (TPSA) is 98.7 Å². The van der Waals surface area contributed by atoms with Crippen LogP contribution in [0.25, 0.3) is 0 Å². The summed E-state index contributed by atoms with van der Waals surface area (Å²) in [6.07, 6.45) is 6.64. The largest absolute Gasteiger partial charge is 0.479 e. The Morgan fingerprint density at radius 1 is 1.25 bits per heavy atom. The average molecular weight is 286 g/mol. The van der Waals surface area contributed by atoms with Crippen LogP contribution in [0.3, 0.4) is 0 Å². The molecule has 1 aliphatic rings. The second-order valence-corrected chi connectivity index (χ2v) is 5.91. The van der Waals surface area contributed by atoms with Crippen molar-refractivity contribution in [1.82, 2.24) is 10.6 Å². The summed E-state index contributed by atoms with van der Waals surface area (Å²) in [5, 5.41) is 23.5. The van der Waals surface area contributed by atoms with Crippen LogP contribution in [0, 0.1) is 5.92 Å². The Balaban J connectivity index is 2.25. The van der Waals surface area contributed by atoms with Crippen LogP contribution in [-0.4, -0.2) is 40.4 Å². The average Bonchev–Trinajstić information content (AvgIpc) is 2.39. The summed E-state index contributed by atoms with van der Waals surface area (Å²) in [5.74, 6) is -0.577. The van der Waals surface area contributed by atoms with Crippen molar-refractivity contribution < 1.29 is 19.8 Å². The van der Waals surface area contributed by atoms with Gasteiger partial charge in [-0.25, -0.2) is 9.59 Å². The summed E-state index contributed by atoms with van der Waals surface area (Å²) in [5.41, 5.74) is -1.93. The third-order valence-electron chi connectivity index (χ3n) is 3.93. The monoisotopic (exact) mass is 286 g/mol. The lowest BCUT2D eigenvalue weighted by molar-refractivity contribution is -0.155. The minimum atomic E-state index is -1.93. The number of hydrogen-bond donors (Lipinski definition) is 4. The minimum Gasteiger partial charge on any atom is -0.479 e. The fraction of sp³-hybridized carbons (Fsp3) is 0.857. The van der Waals surface area contributed by atoms with Crippen molar-refractivity contribution in [2.45, 2.75) is 64.0 Å². The van der Waals surface area contributed by atoms with Gasteiger partial charge in [-0.2, -0.15) is 0 Å². The van der Waals surface area contributed by atoms with Crippen LogP contribution < -0.4 is 10.6 Å². The number of carbonyl (C=O) groups excluding carboxylic acids is 1. The Kier molecular flexibility index (Phi) is 6.26. The molecule has 0 aromatic rings. The summed E-state index contributed by atoms with van der Waals surface area (Å²) >= 11 is 0. The van der Waals surface area contributed by atoms with Gasteiger partial charge < -0.3 is 20.8 Å². The SMILES string of the molecule is CCCC1CCC(NC(=O)NCC(C)(O)C(=O)O)CC1. The van der Waals surface area contributed by atoms with Gasteiger partial charge in [0.15, 0.2) is 5.60 Å². The summed E-state index contributed by atoms with van der Waals surface area (Å²) in [4.78, 5) is 22.4. The smallest absolute Gasteiger partial charge is 0.337 e. The molecule has 0 aliphatic heterocycles. The van der Waals surface area contributed by atoms with Crippen LogP contribution in [0.2, 0.25) is 0 Å². The number of urea groups is 1. The normalized spacial score (nSPS) is 25.6. The molecule has 1 rings (SSSR count). The van der Waals surface area contributed by atoms with E-state index in [9.17, 15) is 14.7 Å². The molecule has 1 aliphatic carbocycles. The Hall–Kier alpha value is -1.30. The molecule has 0 heterocycles. The van der Waals surface area contributed by atoms with Gasteiger partial charge in [-0.15, -0.1) is 0 Å². The highest BCUT2D eigenvalue weighted by Crippen LogP contribution is 2.27. The predicted octanol–water partition coefficient (Wildman–Crippen LogP) is 1.48. The first-order valence-electron chi connectivity index (χ1n) is 7.35. The third kappa shape index (κ3) is 5.36. The van der Waals surface area contributed by atoms with Crippen molar-refractivity contribution in [3.05, 3.63) is 0 Å². The molecule has 2 amide bonds. The molecular weight excluding hydrogens is 260 g/mol. The van der Waals surface area contributed by atoms with E-state index in [1.807, 2.05) is 0 Å². The standard InChI is InChI=1S/C14H26N2O4/c1-3-4-10-5-7-11(8-6-10)16-13(19)15-9-14(2,20)12(17)18/h10-11,20H,3-9H2,1-2H3,(H,17,18)(H2,15,16,19). The number of carbonyl (C=O) groups is 2. The Morgan fingerprint density at radius 2 is 1.85 bits per heavy atom. The first kappa shape index (κ1) is 16.8. The van der Waals surface area contributed by atoms with Gasteiger partial charge in [-0.05, 0) is 38.5 Å². The first-order chi connectivity index (χ1) is 9.35. The maximum atomic E-state index is 11.7. The fourth-order valence-corrected chi connectivity index (χ4v) is 2.57. The van der Waals surface area contributed by atoms with Crippen LogP contribution in [-0.2, 0) is 4.79 Å². The van der Waals surface area contributed by atoms with Gasteiger partial charge in [0.1, 0.15) is 0 Å². The molecular formula is C14H26N2O4. The van der Waals surface area contributed by atoms with Gasteiger partial charge in [0, 0.05) is 6.04 Å². The van der Waals surface area contributed by atoms with Gasteiger partial charge in [-0.1, -0.05) is 19.8 Å². The van der Waals surface area contributed by atoms with Crippen LogP contribution in [0.5, 0.6) is 0 Å². The van der Waals surface area contributed by atoms with E-state index in [0.29, 0.717) is 0 Å². The molecule has 6 heteroatoms. The molecule has 0 aromatic heterocycles. The highest BCUT2D eigenvalue weighted by molar-refractivity contribution is 5.79. The van der Waals surface area contributed by atoms with Crippen molar-refractivity contribution in [2.24, 2.45) is 5.92 Å². The summed E-state index contributed by atoms with van der Waals surface area (Å²) in [6.45, 7) is 3.04. The van der Waals surface area contributed by atoms with Gasteiger partial charge in [-0.3, -0.25) is 0 Å². The van der Waals surface area contributed by atoms with E-state index in [0.717, 1.165) is 38.5 Å². The van der Waals surface area contributed by atoms with Crippen molar-refractivity contribution in [3.8, 4) is 0 Å². The number of hydrogen-bond acceptors (Lipinski definition) is 3. The van der Waals surface area contributed by atoms with Gasteiger partial charge in [0.2, 0.25) is 0 Å². The molecule has 20 heavy (non-hydrogen) atoms. The van der Waals surface area contributed by atoms with Crippen molar-refractivity contribution in [3.63, 3.8) is 0 Å². The molecule has 0 radical (unpaired) electrons. The van der Waals surface area contributed by atoms with Crippen molar-refractivity contribution in [1.29, 1.82) is 0 Å². The minimum absolute atomic E-state index is 0.151. The zero-order valence-electron chi connectivity index (χ0n) is 12.3. The van der Waals surface area contributed by atoms with E-state index >= 15 is 0 Å². The van der Waals surface area contributed by atoms with E-state index in [1.54, 1.807) is 0 Å². The molecule has 0 spiro atoms. The number of rotatable bonds is 6. The zero-order valence-corrected chi connectivity index (χ0v) is 12.3. The van der Waals surface area contributed by atoms with Crippen molar-refractivity contribution >= 4 is 12.0 Å². The summed E-state index contributed by atoms with van der Waals surface area (Å²) in [7, 11) is 0. The van der Waals surface area contributed by atoms with E-state index in [-0.39, 0.29) is 12.6 Å². The second-order valence-electron chi connectivity index (χ2n) is 5.91. The van der Waals surface area contributed by atoms with Gasteiger partial charge >= 0.3 is 12.0 Å². The predicted molar refractivity (Wildman–Crippen MR) is 75.4 cm³/mol. The van der Waals surface area contributed by atoms with Crippen LogP contribution in [0.1, 0.15) is 52.4 Å². The quantitative estimate of drug-likeness (QED) is 0.594. The van der Waals surface area contributed by atoms with Crippen LogP contribution >= 0.6 is 0 Å². The molecule has 0 saturated heterocycles. The lowest BCUT2D eigenvalue weighted by atomic mass is 9.83.